The van der Waals surface area contributed by atoms with Crippen LogP contribution in [0.1, 0.15) is 0 Å². The van der Waals surface area contributed by atoms with E-state index in [0.717, 1.165) is 5.69 Å². The topological polar surface area (TPSA) is 12.9 Å². The van der Waals surface area contributed by atoms with Gasteiger partial charge in [0.2, 0.25) is 0 Å². The second kappa shape index (κ2) is 8.11. The predicted molar refractivity (Wildman–Crippen MR) is 151 cm³/mol. The molecule has 0 atom stereocenters. The molecular formula is C32H27GeN. The van der Waals surface area contributed by atoms with Crippen molar-refractivity contribution in [3.8, 4) is 22.4 Å². The molecule has 0 radical (unpaired) electrons. The summed E-state index contributed by atoms with van der Waals surface area (Å²) < 4.78 is 1.44. The Bertz CT molecular complexity index is 1660. The van der Waals surface area contributed by atoms with Gasteiger partial charge >= 0.3 is 186 Å². The molecule has 0 aliphatic rings. The van der Waals surface area contributed by atoms with Gasteiger partial charge in [-0.2, -0.15) is 0 Å². The van der Waals surface area contributed by atoms with Gasteiger partial charge in [0.25, 0.3) is 0 Å². The molecule has 0 saturated carbocycles. The third kappa shape index (κ3) is 3.61. The third-order valence-corrected chi connectivity index (χ3v) is 11.1. The van der Waals surface area contributed by atoms with Crippen LogP contribution >= 0.6 is 0 Å². The summed E-state index contributed by atoms with van der Waals surface area (Å²) in [5.74, 6) is 7.23. The normalized spacial score (nSPS) is 12.0. The van der Waals surface area contributed by atoms with Crippen molar-refractivity contribution >= 4 is 50.0 Å². The Kier molecular flexibility index (Phi) is 5.04. The van der Waals surface area contributed by atoms with Gasteiger partial charge < -0.3 is 0 Å². The van der Waals surface area contributed by atoms with Crippen LogP contribution in [-0.2, 0) is 0 Å². The number of fused-ring (bicyclic) bond motifs is 6. The van der Waals surface area contributed by atoms with Crippen LogP contribution in [-0.4, -0.2) is 18.3 Å². The molecule has 6 rings (SSSR count). The Hall–Kier alpha value is -3.43. The average Bonchev–Trinajstić information content (AvgIpc) is 2.88. The van der Waals surface area contributed by atoms with Gasteiger partial charge in [-0.05, 0) is 0 Å². The fourth-order valence-corrected chi connectivity index (χ4v) is 7.11. The van der Waals surface area contributed by atoms with Crippen molar-refractivity contribution in [2.24, 2.45) is 0 Å². The zero-order valence-corrected chi connectivity index (χ0v) is 21.9. The summed E-state index contributed by atoms with van der Waals surface area (Å²) in [6.45, 7) is 0. The van der Waals surface area contributed by atoms with E-state index in [1.807, 2.05) is 0 Å². The van der Waals surface area contributed by atoms with E-state index in [9.17, 15) is 0 Å². The second-order valence-electron chi connectivity index (χ2n) is 10.1. The van der Waals surface area contributed by atoms with E-state index < -0.39 is 13.3 Å². The second-order valence-corrected chi connectivity index (χ2v) is 20.8. The van der Waals surface area contributed by atoms with Crippen LogP contribution in [0.3, 0.4) is 0 Å². The summed E-state index contributed by atoms with van der Waals surface area (Å²) >= 11 is -1.88. The summed E-state index contributed by atoms with van der Waals surface area (Å²) in [7, 11) is 0. The fraction of sp³-hybridized carbons (Fsp3) is 0.0938. The van der Waals surface area contributed by atoms with Gasteiger partial charge in [0.05, 0.1) is 0 Å². The molecule has 0 aliphatic carbocycles. The molecule has 0 unspecified atom stereocenters. The molecule has 1 heterocycles. The molecule has 0 saturated heterocycles. The molecule has 0 N–H and O–H groups in total. The van der Waals surface area contributed by atoms with Crippen molar-refractivity contribution in [3.63, 3.8) is 0 Å². The van der Waals surface area contributed by atoms with Crippen molar-refractivity contribution in [3.05, 3.63) is 109 Å². The molecule has 6 aromatic rings. The van der Waals surface area contributed by atoms with Gasteiger partial charge in [0.1, 0.15) is 0 Å². The van der Waals surface area contributed by atoms with Crippen molar-refractivity contribution in [1.82, 2.24) is 4.98 Å². The number of rotatable bonds is 3. The van der Waals surface area contributed by atoms with E-state index in [-0.39, 0.29) is 0 Å². The number of benzene rings is 5. The van der Waals surface area contributed by atoms with Crippen molar-refractivity contribution in [2.45, 2.75) is 17.3 Å². The minimum absolute atomic E-state index is 1.04. The molecule has 164 valence electrons. The molecule has 2 heteroatoms. The Balaban J connectivity index is 1.62. The monoisotopic (exact) mass is 499 g/mol. The molecule has 0 spiro atoms. The van der Waals surface area contributed by atoms with Crippen LogP contribution in [0.4, 0.5) is 0 Å². The molecular weight excluding hydrogens is 471 g/mol. The molecule has 1 aromatic heterocycles. The summed E-state index contributed by atoms with van der Waals surface area (Å²) in [5, 5.41) is 7.76. The summed E-state index contributed by atoms with van der Waals surface area (Å²) in [6.07, 6.45) is 2.10. The minimum atomic E-state index is -1.88. The SMILES string of the molecule is [CH3][Ge]([CH3])([CH3])[c]1ccc(-c2ccc3c4ccccc4c4ccc(-c5ccccc5)cc4c3c2)nc1. The first kappa shape index (κ1) is 21.1. The number of hydrogen-bond donors (Lipinski definition) is 0. The number of pyridine rings is 1. The summed E-state index contributed by atoms with van der Waals surface area (Å²) in [6, 6.07) is 37.6. The van der Waals surface area contributed by atoms with Crippen LogP contribution in [0, 0.1) is 0 Å². The predicted octanol–water partition coefficient (Wildman–Crippen LogP) is 8.42. The summed E-state index contributed by atoms with van der Waals surface area (Å²) in [5.41, 5.74) is 4.70. The van der Waals surface area contributed by atoms with E-state index in [4.69, 9.17) is 4.98 Å². The maximum absolute atomic E-state index is 4.88. The number of nitrogens with zero attached hydrogens (tertiary/aromatic N) is 1. The van der Waals surface area contributed by atoms with Crippen molar-refractivity contribution in [1.29, 1.82) is 0 Å². The standard InChI is InChI=1S/C32H27GeN/c1-33(2,3)25-15-18-32(34-21-25)24-14-17-29-27-12-8-7-11-26(27)28-16-13-23(19-30(28)31(29)20-24)22-9-5-4-6-10-22/h4-21H,1-3H3. The Labute approximate surface area is 203 Å². The van der Waals surface area contributed by atoms with Crippen LogP contribution in [0.2, 0.25) is 17.3 Å². The maximum atomic E-state index is 4.88. The molecule has 34 heavy (non-hydrogen) atoms. The van der Waals surface area contributed by atoms with E-state index in [2.05, 4.69) is 127 Å². The molecule has 0 amide bonds. The third-order valence-electron chi connectivity index (χ3n) is 6.87. The quantitative estimate of drug-likeness (QED) is 0.176. The fourth-order valence-electron chi connectivity index (χ4n) is 4.93. The van der Waals surface area contributed by atoms with Crippen molar-refractivity contribution in [2.75, 3.05) is 0 Å². The van der Waals surface area contributed by atoms with Gasteiger partial charge in [0.15, 0.2) is 0 Å². The number of hydrogen-bond acceptors (Lipinski definition) is 1. The van der Waals surface area contributed by atoms with Gasteiger partial charge in [0, 0.05) is 0 Å². The van der Waals surface area contributed by atoms with E-state index in [1.165, 1.54) is 53.4 Å². The van der Waals surface area contributed by atoms with Gasteiger partial charge in [-0.1, -0.05) is 18.2 Å². The van der Waals surface area contributed by atoms with Crippen LogP contribution < -0.4 is 4.40 Å². The first-order valence-electron chi connectivity index (χ1n) is 11.9. The zero-order chi connectivity index (χ0) is 23.3. The Morgan fingerprint density at radius 3 is 1.62 bits per heavy atom. The first-order chi connectivity index (χ1) is 16.5. The average molecular weight is 498 g/mol. The van der Waals surface area contributed by atoms with Gasteiger partial charge in [-0.25, -0.2) is 0 Å². The Morgan fingerprint density at radius 1 is 0.471 bits per heavy atom. The van der Waals surface area contributed by atoms with Crippen LogP contribution in [0.15, 0.2) is 109 Å². The van der Waals surface area contributed by atoms with Crippen molar-refractivity contribution < 1.29 is 0 Å². The first-order valence-corrected chi connectivity index (χ1v) is 19.2. The molecule has 0 fully saturated rings. The van der Waals surface area contributed by atoms with E-state index in [0.29, 0.717) is 0 Å². The zero-order valence-electron chi connectivity index (χ0n) is 19.8. The Morgan fingerprint density at radius 2 is 1.03 bits per heavy atom. The van der Waals surface area contributed by atoms with Crippen LogP contribution in [0.25, 0.3) is 54.7 Å². The van der Waals surface area contributed by atoms with E-state index >= 15 is 0 Å². The molecule has 0 aliphatic heterocycles. The van der Waals surface area contributed by atoms with E-state index in [1.54, 1.807) is 0 Å². The summed E-state index contributed by atoms with van der Waals surface area (Å²) in [4.78, 5) is 4.88. The number of aromatic nitrogens is 1. The van der Waals surface area contributed by atoms with Crippen LogP contribution in [0.5, 0.6) is 0 Å². The molecule has 1 nitrogen and oxygen atoms in total. The van der Waals surface area contributed by atoms with Gasteiger partial charge in [-0.3, -0.25) is 0 Å². The molecule has 0 bridgehead atoms. The molecule has 5 aromatic carbocycles. The van der Waals surface area contributed by atoms with Gasteiger partial charge in [-0.15, -0.1) is 0 Å².